The van der Waals surface area contributed by atoms with Crippen molar-refractivity contribution in [2.24, 2.45) is 0 Å². The van der Waals surface area contributed by atoms with Crippen LogP contribution >= 0.6 is 0 Å². The molecule has 2 amide bonds. The van der Waals surface area contributed by atoms with Gasteiger partial charge in [-0.2, -0.15) is 0 Å². The topological polar surface area (TPSA) is 63.7 Å². The number of carbonyl (C=O) groups is 1. The molecule has 1 aromatic heterocycles. The fraction of sp³-hybridized carbons (Fsp3) is 0.647. The smallest absolute Gasteiger partial charge is 0.318 e. The Morgan fingerprint density at radius 1 is 1.48 bits per heavy atom. The molecule has 2 saturated heterocycles. The largest absolute Gasteiger partial charge is 0.379 e. The van der Waals surface area contributed by atoms with Crippen molar-refractivity contribution in [1.82, 2.24) is 15.2 Å². The number of nitrogens with one attached hydrogen (secondary N) is 1. The maximum absolute atomic E-state index is 12.6. The summed E-state index contributed by atoms with van der Waals surface area (Å²) in [6, 6.07) is 4.10. The molecule has 0 radical (unpaired) electrons. The molecule has 3 heterocycles. The molecule has 2 aliphatic heterocycles. The summed E-state index contributed by atoms with van der Waals surface area (Å²) in [6.07, 6.45) is 6.71. The fourth-order valence-electron chi connectivity index (χ4n) is 3.20. The predicted octanol–water partition coefficient (Wildman–Crippen LogP) is 2.12. The van der Waals surface area contributed by atoms with Crippen LogP contribution in [0.15, 0.2) is 24.5 Å². The second-order valence-electron chi connectivity index (χ2n) is 6.30. The van der Waals surface area contributed by atoms with Gasteiger partial charge in [0.25, 0.3) is 0 Å². The number of nitrogens with zero attached hydrogens (tertiary/aromatic N) is 2. The molecule has 1 aromatic rings. The monoisotopic (exact) mass is 319 g/mol. The van der Waals surface area contributed by atoms with E-state index in [1.807, 2.05) is 24.0 Å². The first-order valence-corrected chi connectivity index (χ1v) is 8.40. The summed E-state index contributed by atoms with van der Waals surface area (Å²) < 4.78 is 11.1. The van der Waals surface area contributed by atoms with Gasteiger partial charge in [-0.05, 0) is 43.9 Å². The highest BCUT2D eigenvalue weighted by atomic mass is 16.5. The van der Waals surface area contributed by atoms with Crippen LogP contribution in [-0.2, 0) is 9.47 Å². The van der Waals surface area contributed by atoms with Crippen molar-refractivity contribution < 1.29 is 14.3 Å². The zero-order valence-electron chi connectivity index (χ0n) is 13.6. The molecular weight excluding hydrogens is 294 g/mol. The maximum atomic E-state index is 12.6. The highest BCUT2D eigenvalue weighted by molar-refractivity contribution is 5.75. The molecule has 3 unspecified atom stereocenters. The van der Waals surface area contributed by atoms with Gasteiger partial charge in [0, 0.05) is 25.5 Å². The molecule has 0 spiro atoms. The van der Waals surface area contributed by atoms with E-state index in [-0.39, 0.29) is 24.2 Å². The van der Waals surface area contributed by atoms with Gasteiger partial charge in [-0.25, -0.2) is 4.79 Å². The number of hydrogen-bond donors (Lipinski definition) is 1. The van der Waals surface area contributed by atoms with E-state index in [2.05, 4.69) is 10.3 Å². The average Bonchev–Trinajstić information content (AvgIpc) is 3.25. The number of rotatable bonds is 5. The van der Waals surface area contributed by atoms with Gasteiger partial charge in [0.15, 0.2) is 0 Å². The maximum Gasteiger partial charge on any atom is 0.318 e. The molecule has 0 aliphatic carbocycles. The highest BCUT2D eigenvalue weighted by Gasteiger charge is 2.30. The highest BCUT2D eigenvalue weighted by Crippen LogP contribution is 2.31. The number of amides is 2. The first kappa shape index (κ1) is 16.2. The van der Waals surface area contributed by atoms with Crippen LogP contribution in [0.2, 0.25) is 0 Å². The number of hydrogen-bond acceptors (Lipinski definition) is 4. The van der Waals surface area contributed by atoms with Crippen LogP contribution in [0.25, 0.3) is 0 Å². The number of carbonyl (C=O) groups excluding carboxylic acids is 1. The second-order valence-corrected chi connectivity index (χ2v) is 6.30. The van der Waals surface area contributed by atoms with Crippen molar-refractivity contribution in [2.45, 2.75) is 44.4 Å². The van der Waals surface area contributed by atoms with Gasteiger partial charge in [0.1, 0.15) is 0 Å². The van der Waals surface area contributed by atoms with Crippen LogP contribution in [0.4, 0.5) is 4.79 Å². The number of ether oxygens (including phenoxy) is 2. The van der Waals surface area contributed by atoms with E-state index in [0.717, 1.165) is 38.0 Å². The Morgan fingerprint density at radius 3 is 3.04 bits per heavy atom. The standard InChI is InChI=1S/C17H25N3O3/c1-13(11-23-15-6-10-22-12-15)19-17(21)20-9-2-3-16(20)14-4-7-18-8-5-14/h4-5,7-8,13,15-16H,2-3,6,9-12H2,1H3,(H,19,21). The van der Waals surface area contributed by atoms with Gasteiger partial charge in [0.05, 0.1) is 31.4 Å². The summed E-state index contributed by atoms with van der Waals surface area (Å²) in [5.41, 5.74) is 1.15. The van der Waals surface area contributed by atoms with Crippen LogP contribution < -0.4 is 5.32 Å². The van der Waals surface area contributed by atoms with Crippen LogP contribution in [0, 0.1) is 0 Å². The Bertz CT molecular complexity index is 505. The number of aromatic nitrogens is 1. The third-order valence-corrected chi connectivity index (χ3v) is 4.44. The lowest BCUT2D eigenvalue weighted by Gasteiger charge is -2.27. The molecule has 0 aromatic carbocycles. The van der Waals surface area contributed by atoms with E-state index >= 15 is 0 Å². The molecule has 23 heavy (non-hydrogen) atoms. The van der Waals surface area contributed by atoms with Crippen LogP contribution in [-0.4, -0.2) is 54.4 Å². The third kappa shape index (κ3) is 4.20. The summed E-state index contributed by atoms with van der Waals surface area (Å²) in [7, 11) is 0. The summed E-state index contributed by atoms with van der Waals surface area (Å²) in [5.74, 6) is 0. The molecule has 126 valence electrons. The van der Waals surface area contributed by atoms with Crippen molar-refractivity contribution in [3.8, 4) is 0 Å². The van der Waals surface area contributed by atoms with E-state index in [4.69, 9.17) is 9.47 Å². The Hall–Kier alpha value is -1.66. The van der Waals surface area contributed by atoms with Gasteiger partial charge < -0.3 is 19.7 Å². The van der Waals surface area contributed by atoms with Gasteiger partial charge in [-0.1, -0.05) is 0 Å². The fourth-order valence-corrected chi connectivity index (χ4v) is 3.20. The lowest BCUT2D eigenvalue weighted by atomic mass is 10.1. The molecule has 2 fully saturated rings. The molecule has 6 nitrogen and oxygen atoms in total. The van der Waals surface area contributed by atoms with Crippen molar-refractivity contribution in [3.63, 3.8) is 0 Å². The molecule has 3 atom stereocenters. The van der Waals surface area contributed by atoms with E-state index in [1.54, 1.807) is 12.4 Å². The van der Waals surface area contributed by atoms with Gasteiger partial charge >= 0.3 is 6.03 Å². The normalized spacial score (nSPS) is 25.5. The van der Waals surface area contributed by atoms with Crippen molar-refractivity contribution in [3.05, 3.63) is 30.1 Å². The Kier molecular flexibility index (Phi) is 5.46. The zero-order chi connectivity index (χ0) is 16.1. The first-order chi connectivity index (χ1) is 11.2. The average molecular weight is 319 g/mol. The molecule has 0 bridgehead atoms. The minimum Gasteiger partial charge on any atom is -0.379 e. The van der Waals surface area contributed by atoms with Crippen molar-refractivity contribution >= 4 is 6.03 Å². The molecular formula is C17H25N3O3. The van der Waals surface area contributed by atoms with Crippen LogP contribution in [0.5, 0.6) is 0 Å². The summed E-state index contributed by atoms with van der Waals surface area (Å²) >= 11 is 0. The zero-order valence-corrected chi connectivity index (χ0v) is 13.6. The Morgan fingerprint density at radius 2 is 2.30 bits per heavy atom. The van der Waals surface area contributed by atoms with E-state index in [1.165, 1.54) is 0 Å². The number of likely N-dealkylation sites (tertiary alicyclic amines) is 1. The first-order valence-electron chi connectivity index (χ1n) is 8.40. The quantitative estimate of drug-likeness (QED) is 0.903. The lowest BCUT2D eigenvalue weighted by molar-refractivity contribution is 0.0329. The van der Waals surface area contributed by atoms with E-state index in [9.17, 15) is 4.79 Å². The molecule has 1 N–H and O–H groups in total. The summed E-state index contributed by atoms with van der Waals surface area (Å²) in [5, 5.41) is 3.05. The van der Waals surface area contributed by atoms with Gasteiger partial charge in [0.2, 0.25) is 0 Å². The lowest BCUT2D eigenvalue weighted by Crippen LogP contribution is -2.45. The van der Waals surface area contributed by atoms with Gasteiger partial charge in [-0.3, -0.25) is 4.98 Å². The van der Waals surface area contributed by atoms with E-state index < -0.39 is 0 Å². The number of urea groups is 1. The minimum atomic E-state index is -0.0122. The van der Waals surface area contributed by atoms with Gasteiger partial charge in [-0.15, -0.1) is 0 Å². The molecule has 0 saturated carbocycles. The molecule has 2 aliphatic rings. The third-order valence-electron chi connectivity index (χ3n) is 4.44. The molecule has 3 rings (SSSR count). The second kappa shape index (κ2) is 7.75. The van der Waals surface area contributed by atoms with Crippen LogP contribution in [0.3, 0.4) is 0 Å². The van der Waals surface area contributed by atoms with Crippen LogP contribution in [0.1, 0.15) is 37.8 Å². The Labute approximate surface area is 137 Å². The minimum absolute atomic E-state index is 0.0110. The summed E-state index contributed by atoms with van der Waals surface area (Å²) in [6.45, 7) is 4.73. The van der Waals surface area contributed by atoms with Crippen molar-refractivity contribution in [1.29, 1.82) is 0 Å². The summed E-state index contributed by atoms with van der Waals surface area (Å²) in [4.78, 5) is 18.5. The predicted molar refractivity (Wildman–Crippen MR) is 86.1 cm³/mol. The SMILES string of the molecule is CC(COC1CCOC1)NC(=O)N1CCCC1c1ccncc1. The number of pyridine rings is 1. The Balaban J connectivity index is 1.50. The van der Waals surface area contributed by atoms with E-state index in [0.29, 0.717) is 13.2 Å². The van der Waals surface area contributed by atoms with Crippen molar-refractivity contribution in [2.75, 3.05) is 26.4 Å². The molecule has 6 heteroatoms.